The summed E-state index contributed by atoms with van der Waals surface area (Å²) in [5.74, 6) is -0.0572. The molecule has 0 unspecified atom stereocenters. The van der Waals surface area contributed by atoms with Gasteiger partial charge in [0.15, 0.2) is 6.29 Å². The van der Waals surface area contributed by atoms with Gasteiger partial charge in [0.25, 0.3) is 0 Å². The van der Waals surface area contributed by atoms with Gasteiger partial charge in [-0.3, -0.25) is 54.3 Å². The van der Waals surface area contributed by atoms with Gasteiger partial charge in [-0.2, -0.15) is 0 Å². The first-order chi connectivity index (χ1) is 44.9. The maximum atomic E-state index is 16.3. The highest BCUT2D eigenvalue weighted by Gasteiger charge is 2.57. The van der Waals surface area contributed by atoms with Gasteiger partial charge in [-0.25, -0.2) is 18.3 Å². The Bertz CT molecular complexity index is 3360. The van der Waals surface area contributed by atoms with Gasteiger partial charge in [0.05, 0.1) is 66.1 Å². The van der Waals surface area contributed by atoms with Crippen molar-refractivity contribution in [2.45, 2.75) is 123 Å². The SMILES string of the molecule is CCCC(CCC)CO[C@@H]1O[C@H](COP(=O)(OCc2ccccc2)OCc2ccccc2)[C@H](OP(=O)(OCc2ccccc2)OCc2ccccc2)[C@H](OP(=O)(OCc2ccccc2)OCc2ccccc2)[C@H]1OP(=O)(OCc1ccccc1)OCc1ccccc1. The van der Waals surface area contributed by atoms with E-state index in [-0.39, 0.29) is 65.4 Å². The smallest absolute Gasteiger partial charge is 0.350 e. The quantitative estimate of drug-likeness (QED) is 0.0328. The maximum absolute atomic E-state index is 16.3. The molecule has 0 amide bonds. The van der Waals surface area contributed by atoms with Crippen molar-refractivity contribution in [3.05, 3.63) is 287 Å². The van der Waals surface area contributed by atoms with E-state index in [2.05, 4.69) is 13.8 Å². The molecule has 0 bridgehead atoms. The maximum Gasteiger partial charge on any atom is 0.475 e. The standard InChI is InChI=1S/C70H80O18P4/c1-3-29-57(30-4-2)47-75-70-69(88-92(74,82-54-64-43-25-11-26-44-64)83-55-65-45-27-12-28-46-65)68(87-91(73,80-52-62-39-21-9-22-40-62)81-53-63-41-23-10-24-42-63)67(86-90(72,78-50-60-35-17-7-18-36-60)79-51-61-37-19-8-20-38-61)66(85-70)56-84-89(71,76-48-58-31-13-5-14-32-58)77-49-59-33-15-6-16-34-59/h5-28,31-46,57,66-70H,3-4,29-30,47-56H2,1-2H3/t66-,67+,68+,69-,70-/m1/s1. The topological polar surface area (TPSA) is 197 Å². The number of ether oxygens (including phenoxy) is 2. The van der Waals surface area contributed by atoms with E-state index in [1.54, 1.807) is 194 Å². The molecule has 1 fully saturated rings. The third-order valence-corrected chi connectivity index (χ3v) is 20.0. The highest BCUT2D eigenvalue weighted by atomic mass is 31.2. The van der Waals surface area contributed by atoms with Gasteiger partial charge in [-0.15, -0.1) is 0 Å². The molecule has 8 aromatic carbocycles. The molecule has 0 aromatic heterocycles. The van der Waals surface area contributed by atoms with Crippen molar-refractivity contribution in [2.24, 2.45) is 5.92 Å². The van der Waals surface area contributed by atoms with Gasteiger partial charge >= 0.3 is 31.3 Å². The molecule has 22 heteroatoms. The summed E-state index contributed by atoms with van der Waals surface area (Å²) in [6.07, 6.45) is -6.24. The molecule has 1 heterocycles. The van der Waals surface area contributed by atoms with Crippen molar-refractivity contribution in [1.29, 1.82) is 0 Å². The van der Waals surface area contributed by atoms with E-state index in [4.69, 9.17) is 63.8 Å². The van der Waals surface area contributed by atoms with Crippen LogP contribution in [0.4, 0.5) is 0 Å². The lowest BCUT2D eigenvalue weighted by Crippen LogP contribution is -2.61. The fraction of sp³-hybridized carbons (Fsp3) is 0.314. The zero-order valence-corrected chi connectivity index (χ0v) is 55.2. The Hall–Kier alpha value is -5.88. The van der Waals surface area contributed by atoms with Crippen molar-refractivity contribution < 1.29 is 82.0 Å². The van der Waals surface area contributed by atoms with E-state index in [1.165, 1.54) is 0 Å². The minimum Gasteiger partial charge on any atom is -0.350 e. The number of benzene rings is 8. The van der Waals surface area contributed by atoms with E-state index in [9.17, 15) is 0 Å². The van der Waals surface area contributed by atoms with E-state index < -0.39 is 68.6 Å². The van der Waals surface area contributed by atoms with Crippen LogP contribution in [0.1, 0.15) is 84.0 Å². The highest BCUT2D eigenvalue weighted by molar-refractivity contribution is 7.49. The highest BCUT2D eigenvalue weighted by Crippen LogP contribution is 2.61. The monoisotopic (exact) mass is 1330 g/mol. The summed E-state index contributed by atoms with van der Waals surface area (Å²) in [5.41, 5.74) is 4.84. The summed E-state index contributed by atoms with van der Waals surface area (Å²) in [6, 6.07) is 71.7. The van der Waals surface area contributed by atoms with Crippen molar-refractivity contribution in [3.8, 4) is 0 Å². The minimum atomic E-state index is -5.09. The lowest BCUT2D eigenvalue weighted by Gasteiger charge is -2.46. The van der Waals surface area contributed by atoms with Crippen molar-refractivity contribution in [1.82, 2.24) is 0 Å². The molecule has 1 saturated heterocycles. The normalized spacial score (nSPS) is 17.2. The van der Waals surface area contributed by atoms with Gasteiger partial charge in [0.1, 0.15) is 24.4 Å². The molecule has 92 heavy (non-hydrogen) atoms. The summed E-state index contributed by atoms with van der Waals surface area (Å²) in [4.78, 5) is 0. The number of phosphoric ester groups is 4. The van der Waals surface area contributed by atoms with Crippen LogP contribution in [0.25, 0.3) is 0 Å². The second kappa shape index (κ2) is 36.7. The van der Waals surface area contributed by atoms with Gasteiger partial charge in [-0.1, -0.05) is 269 Å². The Morgan fingerprint density at radius 3 is 0.815 bits per heavy atom. The number of rotatable bonds is 40. The molecular weight excluding hydrogens is 1250 g/mol. The predicted octanol–water partition coefficient (Wildman–Crippen LogP) is 18.3. The number of hydrogen-bond donors (Lipinski definition) is 0. The molecule has 1 aliphatic rings. The molecule has 0 radical (unpaired) electrons. The first-order valence-corrected chi connectivity index (χ1v) is 36.6. The molecule has 18 nitrogen and oxygen atoms in total. The summed E-state index contributed by atoms with van der Waals surface area (Å²) in [5, 5.41) is 0. The first kappa shape index (κ1) is 70.4. The Morgan fingerprint density at radius 1 is 0.315 bits per heavy atom. The summed E-state index contributed by atoms with van der Waals surface area (Å²) < 4.78 is 155. The van der Waals surface area contributed by atoms with Crippen molar-refractivity contribution in [2.75, 3.05) is 13.2 Å². The third-order valence-electron chi connectivity index (χ3n) is 14.5. The van der Waals surface area contributed by atoms with Gasteiger partial charge in [0.2, 0.25) is 0 Å². The zero-order valence-electron chi connectivity index (χ0n) is 51.6. The molecule has 0 aliphatic carbocycles. The fourth-order valence-corrected chi connectivity index (χ4v) is 14.9. The van der Waals surface area contributed by atoms with Gasteiger partial charge < -0.3 is 9.47 Å². The molecule has 1 aliphatic heterocycles. The van der Waals surface area contributed by atoms with E-state index in [0.717, 1.165) is 25.7 Å². The average molecular weight is 1330 g/mol. The zero-order chi connectivity index (χ0) is 64.2. The van der Waals surface area contributed by atoms with Crippen LogP contribution >= 0.6 is 31.3 Å². The number of phosphoric acid groups is 4. The van der Waals surface area contributed by atoms with Crippen molar-refractivity contribution >= 4 is 31.3 Å². The fourth-order valence-electron chi connectivity index (χ4n) is 9.71. The van der Waals surface area contributed by atoms with Crippen LogP contribution in [0.2, 0.25) is 0 Å². The molecule has 8 aromatic rings. The van der Waals surface area contributed by atoms with E-state index in [1.807, 2.05) is 48.5 Å². The van der Waals surface area contributed by atoms with Crippen LogP contribution in [-0.4, -0.2) is 43.9 Å². The van der Waals surface area contributed by atoms with E-state index >= 15 is 18.3 Å². The minimum absolute atomic E-state index is 0.0302. The van der Waals surface area contributed by atoms with Crippen LogP contribution in [-0.2, 0) is 135 Å². The van der Waals surface area contributed by atoms with Crippen LogP contribution in [0.15, 0.2) is 243 Å². The second-order valence-electron chi connectivity index (χ2n) is 21.7. The third kappa shape index (κ3) is 23.2. The Balaban J connectivity index is 1.22. The lowest BCUT2D eigenvalue weighted by molar-refractivity contribution is -0.295. The molecule has 0 saturated carbocycles. The predicted molar refractivity (Wildman–Crippen MR) is 349 cm³/mol. The molecule has 488 valence electrons. The van der Waals surface area contributed by atoms with Crippen LogP contribution < -0.4 is 0 Å². The molecular formula is C70H80O18P4. The molecule has 0 N–H and O–H groups in total. The van der Waals surface area contributed by atoms with Crippen molar-refractivity contribution in [3.63, 3.8) is 0 Å². The second-order valence-corrected chi connectivity index (χ2v) is 28.2. The van der Waals surface area contributed by atoms with E-state index in [0.29, 0.717) is 44.5 Å². The molecule has 9 rings (SSSR count). The van der Waals surface area contributed by atoms with Crippen LogP contribution in [0.5, 0.6) is 0 Å². The summed E-state index contributed by atoms with van der Waals surface area (Å²) in [7, 11) is -19.9. The first-order valence-electron chi connectivity index (χ1n) is 30.7. The Kier molecular flexibility index (Phi) is 28.1. The average Bonchev–Trinajstić information content (AvgIpc) is 0.790. The molecule has 5 atom stereocenters. The summed E-state index contributed by atoms with van der Waals surface area (Å²) >= 11 is 0. The van der Waals surface area contributed by atoms with Crippen LogP contribution in [0, 0.1) is 5.92 Å². The largest absolute Gasteiger partial charge is 0.475 e. The van der Waals surface area contributed by atoms with Crippen LogP contribution in [0.3, 0.4) is 0 Å². The Labute approximate surface area is 540 Å². The van der Waals surface area contributed by atoms with Gasteiger partial charge in [0, 0.05) is 0 Å². The van der Waals surface area contributed by atoms with Gasteiger partial charge in [-0.05, 0) is 63.3 Å². The lowest BCUT2D eigenvalue weighted by atomic mass is 9.98. The summed E-state index contributed by atoms with van der Waals surface area (Å²) in [6.45, 7) is 1.05. The Morgan fingerprint density at radius 2 is 0.554 bits per heavy atom. The molecule has 0 spiro atoms. The number of hydrogen-bond acceptors (Lipinski definition) is 18.